The van der Waals surface area contributed by atoms with Crippen LogP contribution in [0.15, 0.2) is 24.5 Å². The topological polar surface area (TPSA) is 63.8 Å². The van der Waals surface area contributed by atoms with Crippen LogP contribution in [0.2, 0.25) is 0 Å². The van der Waals surface area contributed by atoms with Crippen molar-refractivity contribution in [1.82, 2.24) is 4.98 Å². The normalized spacial score (nSPS) is 13.8. The Balaban J connectivity index is 2.20. The van der Waals surface area contributed by atoms with Gasteiger partial charge in [0.2, 0.25) is 0 Å². The van der Waals surface area contributed by atoms with Gasteiger partial charge in [-0.25, -0.2) is 8.78 Å². The molecule has 6 heteroatoms. The standard InChI is InChI=1S/C18H18F2N4/c1-3-11-14(8-23-9-15(11)19)12-4-6-16-13(18(12)20)5-7-17(22)24(16)10(2)21/h4,6,8-9,21-22H,3,5,7H2,1-2H3. The second kappa shape index (κ2) is 6.11. The van der Waals surface area contributed by atoms with Crippen molar-refractivity contribution >= 4 is 17.4 Å². The van der Waals surface area contributed by atoms with Gasteiger partial charge in [-0.2, -0.15) is 0 Å². The van der Waals surface area contributed by atoms with Gasteiger partial charge in [-0.05, 0) is 37.5 Å². The van der Waals surface area contributed by atoms with Gasteiger partial charge in [-0.1, -0.05) is 6.92 Å². The van der Waals surface area contributed by atoms with Crippen LogP contribution in [0.25, 0.3) is 11.1 Å². The molecule has 1 aliphatic heterocycles. The van der Waals surface area contributed by atoms with E-state index in [-0.39, 0.29) is 11.7 Å². The van der Waals surface area contributed by atoms with Gasteiger partial charge < -0.3 is 0 Å². The average Bonchev–Trinajstić information content (AvgIpc) is 2.54. The number of aromatic nitrogens is 1. The lowest BCUT2D eigenvalue weighted by Crippen LogP contribution is -2.38. The van der Waals surface area contributed by atoms with E-state index in [1.807, 2.05) is 6.92 Å². The summed E-state index contributed by atoms with van der Waals surface area (Å²) in [6.07, 6.45) is 3.82. The molecule has 0 atom stereocenters. The minimum atomic E-state index is -0.439. The molecule has 2 heterocycles. The van der Waals surface area contributed by atoms with Gasteiger partial charge in [0.15, 0.2) is 0 Å². The van der Waals surface area contributed by atoms with Crippen molar-refractivity contribution in [3.8, 4) is 11.1 Å². The highest BCUT2D eigenvalue weighted by atomic mass is 19.1. The molecule has 2 N–H and O–H groups in total. The van der Waals surface area contributed by atoms with Crippen molar-refractivity contribution in [3.05, 3.63) is 47.3 Å². The Morgan fingerprint density at radius 2 is 1.96 bits per heavy atom. The van der Waals surface area contributed by atoms with E-state index in [0.29, 0.717) is 47.2 Å². The van der Waals surface area contributed by atoms with Gasteiger partial charge in [-0.15, -0.1) is 0 Å². The smallest absolute Gasteiger partial charge is 0.145 e. The van der Waals surface area contributed by atoms with Crippen molar-refractivity contribution < 1.29 is 8.78 Å². The molecule has 0 saturated heterocycles. The summed E-state index contributed by atoms with van der Waals surface area (Å²) >= 11 is 0. The first-order valence-electron chi connectivity index (χ1n) is 7.82. The third-order valence-corrected chi connectivity index (χ3v) is 4.33. The van der Waals surface area contributed by atoms with Gasteiger partial charge in [0.05, 0.1) is 11.9 Å². The predicted octanol–water partition coefficient (Wildman–Crippen LogP) is 4.32. The Labute approximate surface area is 139 Å². The minimum Gasteiger partial charge on any atom is -0.288 e. The number of pyridine rings is 1. The number of nitrogens with zero attached hydrogens (tertiary/aromatic N) is 2. The number of rotatable bonds is 2. The molecule has 3 rings (SSSR count). The molecule has 124 valence electrons. The third-order valence-electron chi connectivity index (χ3n) is 4.33. The van der Waals surface area contributed by atoms with E-state index >= 15 is 4.39 Å². The summed E-state index contributed by atoms with van der Waals surface area (Å²) in [6.45, 7) is 3.39. The first-order valence-corrected chi connectivity index (χ1v) is 7.82. The van der Waals surface area contributed by atoms with Crippen LogP contribution in [0.5, 0.6) is 0 Å². The molecule has 2 aromatic rings. The number of halogens is 2. The second-order valence-corrected chi connectivity index (χ2v) is 5.79. The molecule has 0 bridgehead atoms. The zero-order chi connectivity index (χ0) is 17.4. The van der Waals surface area contributed by atoms with E-state index in [9.17, 15) is 4.39 Å². The number of nitrogens with one attached hydrogen (secondary N) is 2. The fraction of sp³-hybridized carbons (Fsp3) is 0.278. The number of anilines is 1. The Bertz CT molecular complexity index is 845. The maximum absolute atomic E-state index is 15.1. The molecule has 0 fully saturated rings. The van der Waals surface area contributed by atoms with Crippen molar-refractivity contribution in [2.24, 2.45) is 0 Å². The van der Waals surface area contributed by atoms with Gasteiger partial charge >= 0.3 is 0 Å². The van der Waals surface area contributed by atoms with Crippen molar-refractivity contribution in [3.63, 3.8) is 0 Å². The largest absolute Gasteiger partial charge is 0.288 e. The van der Waals surface area contributed by atoms with Crippen LogP contribution in [-0.2, 0) is 12.8 Å². The Kier molecular flexibility index (Phi) is 4.13. The highest BCUT2D eigenvalue weighted by Gasteiger charge is 2.27. The van der Waals surface area contributed by atoms with Crippen LogP contribution in [0.3, 0.4) is 0 Å². The lowest BCUT2D eigenvalue weighted by Gasteiger charge is -2.31. The summed E-state index contributed by atoms with van der Waals surface area (Å²) in [6, 6.07) is 3.28. The minimum absolute atomic E-state index is 0.176. The van der Waals surface area contributed by atoms with Crippen molar-refractivity contribution in [2.75, 3.05) is 4.90 Å². The quantitative estimate of drug-likeness (QED) is 0.637. The van der Waals surface area contributed by atoms with E-state index in [4.69, 9.17) is 10.8 Å². The number of fused-ring (bicyclic) bond motifs is 1. The molecule has 0 spiro atoms. The van der Waals surface area contributed by atoms with E-state index in [1.165, 1.54) is 11.1 Å². The van der Waals surface area contributed by atoms with Crippen LogP contribution >= 0.6 is 0 Å². The molecule has 24 heavy (non-hydrogen) atoms. The summed E-state index contributed by atoms with van der Waals surface area (Å²) in [7, 11) is 0. The molecule has 0 radical (unpaired) electrons. The lowest BCUT2D eigenvalue weighted by atomic mass is 9.92. The van der Waals surface area contributed by atoms with Gasteiger partial charge in [0, 0.05) is 29.3 Å². The van der Waals surface area contributed by atoms with E-state index in [0.717, 1.165) is 6.20 Å². The Morgan fingerprint density at radius 1 is 1.21 bits per heavy atom. The van der Waals surface area contributed by atoms with Crippen molar-refractivity contribution in [2.45, 2.75) is 33.1 Å². The first-order chi connectivity index (χ1) is 11.5. The average molecular weight is 328 g/mol. The van der Waals surface area contributed by atoms with Crippen LogP contribution in [0, 0.1) is 22.5 Å². The summed E-state index contributed by atoms with van der Waals surface area (Å²) in [5, 5.41) is 15.8. The number of hydrogen-bond acceptors (Lipinski definition) is 3. The summed E-state index contributed by atoms with van der Waals surface area (Å²) in [5.74, 6) is -0.405. The highest BCUT2D eigenvalue weighted by Crippen LogP contribution is 2.37. The molecule has 1 aliphatic rings. The third kappa shape index (κ3) is 2.48. The van der Waals surface area contributed by atoms with Crippen LogP contribution < -0.4 is 4.90 Å². The SMILES string of the molecule is CCc1c(F)cncc1-c1ccc2c(c1F)CCC(=N)N2C(C)=N. The predicted molar refractivity (Wildman–Crippen MR) is 90.9 cm³/mol. The Morgan fingerprint density at radius 3 is 2.62 bits per heavy atom. The molecule has 0 unspecified atom stereocenters. The molecular formula is C18H18F2N4. The van der Waals surface area contributed by atoms with Gasteiger partial charge in [-0.3, -0.25) is 20.7 Å². The summed E-state index contributed by atoms with van der Waals surface area (Å²) < 4.78 is 29.1. The van der Waals surface area contributed by atoms with Crippen LogP contribution in [0.1, 0.15) is 31.4 Å². The van der Waals surface area contributed by atoms with Crippen LogP contribution in [-0.4, -0.2) is 16.7 Å². The highest BCUT2D eigenvalue weighted by molar-refractivity contribution is 6.17. The molecule has 1 aromatic heterocycles. The van der Waals surface area contributed by atoms with E-state index < -0.39 is 11.6 Å². The molecular weight excluding hydrogens is 310 g/mol. The monoisotopic (exact) mass is 328 g/mol. The maximum atomic E-state index is 15.1. The molecule has 4 nitrogen and oxygen atoms in total. The van der Waals surface area contributed by atoms with E-state index in [1.54, 1.807) is 19.1 Å². The molecule has 1 aromatic carbocycles. The van der Waals surface area contributed by atoms with Crippen LogP contribution in [0.4, 0.5) is 14.5 Å². The lowest BCUT2D eigenvalue weighted by molar-refractivity contribution is 0.602. The fourth-order valence-electron chi connectivity index (χ4n) is 3.20. The molecule has 0 aliphatic carbocycles. The molecule has 0 saturated carbocycles. The van der Waals surface area contributed by atoms with Gasteiger partial charge in [0.25, 0.3) is 0 Å². The first kappa shape index (κ1) is 16.2. The summed E-state index contributed by atoms with van der Waals surface area (Å²) in [5.41, 5.74) is 2.18. The zero-order valence-corrected chi connectivity index (χ0v) is 13.6. The number of benzene rings is 1. The second-order valence-electron chi connectivity index (χ2n) is 5.79. The number of amidine groups is 2. The fourth-order valence-corrected chi connectivity index (χ4v) is 3.20. The Hall–Kier alpha value is -2.63. The van der Waals surface area contributed by atoms with E-state index in [2.05, 4.69) is 4.98 Å². The zero-order valence-electron chi connectivity index (χ0n) is 13.6. The summed E-state index contributed by atoms with van der Waals surface area (Å²) in [4.78, 5) is 5.30. The maximum Gasteiger partial charge on any atom is 0.145 e. The van der Waals surface area contributed by atoms with Gasteiger partial charge in [0.1, 0.15) is 23.3 Å². The molecule has 0 amide bonds. The van der Waals surface area contributed by atoms with Crippen molar-refractivity contribution in [1.29, 1.82) is 10.8 Å². The number of hydrogen-bond donors (Lipinski definition) is 2.